The Morgan fingerprint density at radius 2 is 2.06 bits per heavy atom. The Labute approximate surface area is 103 Å². The predicted octanol–water partition coefficient (Wildman–Crippen LogP) is 2.32. The second-order valence-electron chi connectivity index (χ2n) is 4.89. The molecule has 17 heavy (non-hydrogen) atoms. The number of nitrogens with one attached hydrogen (secondary N) is 1. The lowest BCUT2D eigenvalue weighted by Gasteiger charge is -2.17. The molecular weight excluding hydrogens is 210 g/mol. The Balaban J connectivity index is 1.78. The van der Waals surface area contributed by atoms with E-state index in [9.17, 15) is 0 Å². The fraction of sp³-hybridized carbons (Fsp3) is 0.467. The SMILES string of the molecule is CC(CN[C@@H]1C=C[C@H](CO)C1)c1ccccc1. The first kappa shape index (κ1) is 12.3. The Morgan fingerprint density at radius 1 is 1.29 bits per heavy atom. The number of hydrogen-bond acceptors (Lipinski definition) is 2. The van der Waals surface area contributed by atoms with Gasteiger partial charge in [-0.1, -0.05) is 49.4 Å². The predicted molar refractivity (Wildman–Crippen MR) is 71.0 cm³/mol. The van der Waals surface area contributed by atoms with Gasteiger partial charge in [-0.25, -0.2) is 0 Å². The minimum atomic E-state index is 0.267. The zero-order valence-electron chi connectivity index (χ0n) is 10.3. The van der Waals surface area contributed by atoms with Crippen molar-refractivity contribution in [3.8, 4) is 0 Å². The molecule has 0 fully saturated rings. The van der Waals surface area contributed by atoms with Gasteiger partial charge in [0.1, 0.15) is 0 Å². The van der Waals surface area contributed by atoms with Gasteiger partial charge in [0.25, 0.3) is 0 Å². The average molecular weight is 231 g/mol. The van der Waals surface area contributed by atoms with Crippen molar-refractivity contribution in [1.82, 2.24) is 5.32 Å². The van der Waals surface area contributed by atoms with Gasteiger partial charge in [-0.05, 0) is 17.9 Å². The Bertz CT molecular complexity index is 360. The number of hydrogen-bond donors (Lipinski definition) is 2. The van der Waals surface area contributed by atoms with Crippen LogP contribution in [0.3, 0.4) is 0 Å². The van der Waals surface area contributed by atoms with Crippen molar-refractivity contribution in [2.45, 2.75) is 25.3 Å². The third-order valence-electron chi connectivity index (χ3n) is 3.46. The van der Waals surface area contributed by atoms with Gasteiger partial charge in [0.15, 0.2) is 0 Å². The van der Waals surface area contributed by atoms with Gasteiger partial charge in [0.2, 0.25) is 0 Å². The van der Waals surface area contributed by atoms with Crippen LogP contribution in [0.15, 0.2) is 42.5 Å². The summed E-state index contributed by atoms with van der Waals surface area (Å²) in [6.45, 7) is 3.49. The van der Waals surface area contributed by atoms with Gasteiger partial charge < -0.3 is 10.4 Å². The van der Waals surface area contributed by atoms with Gasteiger partial charge >= 0.3 is 0 Å². The fourth-order valence-electron chi connectivity index (χ4n) is 2.29. The van der Waals surface area contributed by atoms with Crippen LogP contribution in [-0.4, -0.2) is 24.3 Å². The van der Waals surface area contributed by atoms with Gasteiger partial charge in [-0.2, -0.15) is 0 Å². The first-order valence-electron chi connectivity index (χ1n) is 6.37. The van der Waals surface area contributed by atoms with Crippen LogP contribution in [0, 0.1) is 5.92 Å². The summed E-state index contributed by atoms with van der Waals surface area (Å²) < 4.78 is 0. The Hall–Kier alpha value is -1.12. The van der Waals surface area contributed by atoms with Crippen molar-refractivity contribution in [3.05, 3.63) is 48.0 Å². The lowest BCUT2D eigenvalue weighted by Crippen LogP contribution is -2.30. The second-order valence-corrected chi connectivity index (χ2v) is 4.89. The van der Waals surface area contributed by atoms with E-state index in [2.05, 4.69) is 54.7 Å². The van der Waals surface area contributed by atoms with E-state index in [-0.39, 0.29) is 6.61 Å². The van der Waals surface area contributed by atoms with E-state index in [1.54, 1.807) is 0 Å². The second kappa shape index (κ2) is 5.99. The number of benzene rings is 1. The highest BCUT2D eigenvalue weighted by atomic mass is 16.3. The molecular formula is C15H21NO. The molecule has 2 N–H and O–H groups in total. The van der Waals surface area contributed by atoms with Crippen LogP contribution >= 0.6 is 0 Å². The van der Waals surface area contributed by atoms with Crippen LogP contribution in [-0.2, 0) is 0 Å². The lowest BCUT2D eigenvalue weighted by molar-refractivity contribution is 0.246. The topological polar surface area (TPSA) is 32.3 Å². The third-order valence-corrected chi connectivity index (χ3v) is 3.46. The summed E-state index contributed by atoms with van der Waals surface area (Å²) in [6.07, 6.45) is 5.32. The van der Waals surface area contributed by atoms with Gasteiger partial charge in [0.05, 0.1) is 0 Å². The van der Waals surface area contributed by atoms with Gasteiger partial charge in [-0.15, -0.1) is 0 Å². The largest absolute Gasteiger partial charge is 0.396 e. The quantitative estimate of drug-likeness (QED) is 0.762. The van der Waals surface area contributed by atoms with E-state index in [0.717, 1.165) is 13.0 Å². The molecule has 2 rings (SSSR count). The molecule has 92 valence electrons. The van der Waals surface area contributed by atoms with E-state index in [0.29, 0.717) is 17.9 Å². The zero-order chi connectivity index (χ0) is 12.1. The summed E-state index contributed by atoms with van der Waals surface area (Å²) in [7, 11) is 0. The minimum Gasteiger partial charge on any atom is -0.396 e. The van der Waals surface area contributed by atoms with Crippen molar-refractivity contribution in [1.29, 1.82) is 0 Å². The number of aliphatic hydroxyl groups excluding tert-OH is 1. The van der Waals surface area contributed by atoms with Crippen LogP contribution in [0.2, 0.25) is 0 Å². The normalized spacial score (nSPS) is 25.1. The monoisotopic (exact) mass is 231 g/mol. The molecule has 1 aromatic carbocycles. The molecule has 0 spiro atoms. The van der Waals surface area contributed by atoms with E-state index in [4.69, 9.17) is 5.11 Å². The smallest absolute Gasteiger partial charge is 0.0494 e. The maximum absolute atomic E-state index is 9.06. The van der Waals surface area contributed by atoms with E-state index in [1.807, 2.05) is 0 Å². The van der Waals surface area contributed by atoms with Crippen molar-refractivity contribution < 1.29 is 5.11 Å². The van der Waals surface area contributed by atoms with Gasteiger partial charge in [0, 0.05) is 25.1 Å². The van der Waals surface area contributed by atoms with Crippen molar-refractivity contribution in [2.75, 3.05) is 13.2 Å². The first-order chi connectivity index (χ1) is 8.29. The average Bonchev–Trinajstić information content (AvgIpc) is 2.85. The summed E-state index contributed by atoms with van der Waals surface area (Å²) in [5.74, 6) is 0.873. The molecule has 0 saturated carbocycles. The number of aliphatic hydroxyl groups is 1. The van der Waals surface area contributed by atoms with E-state index >= 15 is 0 Å². The van der Waals surface area contributed by atoms with Gasteiger partial charge in [-0.3, -0.25) is 0 Å². The summed E-state index contributed by atoms with van der Waals surface area (Å²) in [6, 6.07) is 11.0. The standard InChI is InChI=1S/C15H21NO/c1-12(14-5-3-2-4-6-14)10-16-15-8-7-13(9-15)11-17/h2-8,12-13,15-17H,9-11H2,1H3/t12?,13-,15+/m0/s1. The van der Waals surface area contributed by atoms with Crippen LogP contribution in [0.5, 0.6) is 0 Å². The number of rotatable bonds is 5. The molecule has 0 aromatic heterocycles. The summed E-state index contributed by atoms with van der Waals surface area (Å²) >= 11 is 0. The van der Waals surface area contributed by atoms with Crippen molar-refractivity contribution in [2.24, 2.45) is 5.92 Å². The highest BCUT2D eigenvalue weighted by Crippen LogP contribution is 2.19. The maximum atomic E-state index is 9.06. The highest BCUT2D eigenvalue weighted by molar-refractivity contribution is 5.19. The summed E-state index contributed by atoms with van der Waals surface area (Å²) in [4.78, 5) is 0. The molecule has 2 nitrogen and oxygen atoms in total. The fourth-order valence-corrected chi connectivity index (χ4v) is 2.29. The zero-order valence-corrected chi connectivity index (χ0v) is 10.3. The molecule has 1 aliphatic carbocycles. The third kappa shape index (κ3) is 3.42. The molecule has 3 atom stereocenters. The minimum absolute atomic E-state index is 0.267. The van der Waals surface area contributed by atoms with Crippen LogP contribution < -0.4 is 5.32 Å². The Kier molecular flexibility index (Phi) is 4.35. The molecule has 0 bridgehead atoms. The van der Waals surface area contributed by atoms with Crippen molar-refractivity contribution >= 4 is 0 Å². The molecule has 1 unspecified atom stereocenters. The summed E-state index contributed by atoms with van der Waals surface area (Å²) in [5, 5.41) is 12.6. The summed E-state index contributed by atoms with van der Waals surface area (Å²) in [5.41, 5.74) is 1.38. The highest BCUT2D eigenvalue weighted by Gasteiger charge is 2.18. The molecule has 1 aliphatic rings. The molecule has 2 heteroatoms. The molecule has 0 saturated heterocycles. The Morgan fingerprint density at radius 3 is 2.71 bits per heavy atom. The van der Waals surface area contributed by atoms with Crippen LogP contribution in [0.4, 0.5) is 0 Å². The molecule has 0 heterocycles. The molecule has 0 amide bonds. The molecule has 0 radical (unpaired) electrons. The van der Waals surface area contributed by atoms with E-state index < -0.39 is 0 Å². The van der Waals surface area contributed by atoms with Crippen LogP contribution in [0.1, 0.15) is 24.8 Å². The molecule has 0 aliphatic heterocycles. The molecule has 1 aromatic rings. The first-order valence-corrected chi connectivity index (χ1v) is 6.37. The van der Waals surface area contributed by atoms with Crippen LogP contribution in [0.25, 0.3) is 0 Å². The van der Waals surface area contributed by atoms with Crippen molar-refractivity contribution in [3.63, 3.8) is 0 Å². The van der Waals surface area contributed by atoms with E-state index in [1.165, 1.54) is 5.56 Å². The lowest BCUT2D eigenvalue weighted by atomic mass is 10.0. The maximum Gasteiger partial charge on any atom is 0.0494 e.